The summed E-state index contributed by atoms with van der Waals surface area (Å²) in [5, 5.41) is 9.30. The zero-order valence-corrected chi connectivity index (χ0v) is 12.0. The average Bonchev–Trinajstić information content (AvgIpc) is 2.78. The Hall–Kier alpha value is -2.70. The monoisotopic (exact) mass is 287 g/mol. The summed E-state index contributed by atoms with van der Waals surface area (Å²) >= 11 is 0. The van der Waals surface area contributed by atoms with Crippen LogP contribution in [0.15, 0.2) is 30.6 Å². The van der Waals surface area contributed by atoms with Gasteiger partial charge in [-0.25, -0.2) is 0 Å². The Morgan fingerprint density at radius 2 is 2.10 bits per heavy atom. The van der Waals surface area contributed by atoms with Crippen LogP contribution < -0.4 is 10.6 Å². The highest BCUT2D eigenvalue weighted by Crippen LogP contribution is 2.02. The SMILES string of the molecule is Cc1cc(C)n(CCNC(=O)C(=O)Nc2cccnc2)n1. The number of hydrogen-bond donors (Lipinski definition) is 2. The summed E-state index contributed by atoms with van der Waals surface area (Å²) in [6.07, 6.45) is 3.06. The zero-order valence-electron chi connectivity index (χ0n) is 12.0. The van der Waals surface area contributed by atoms with E-state index in [1.54, 1.807) is 23.0 Å². The van der Waals surface area contributed by atoms with Crippen LogP contribution in [0.3, 0.4) is 0 Å². The number of hydrogen-bond acceptors (Lipinski definition) is 4. The number of rotatable bonds is 4. The standard InChI is InChI=1S/C14H17N5O2/c1-10-8-11(2)19(18-10)7-6-16-13(20)14(21)17-12-4-3-5-15-9-12/h3-5,8-9H,6-7H2,1-2H3,(H,16,20)(H,17,21). The minimum atomic E-state index is -0.712. The summed E-state index contributed by atoms with van der Waals surface area (Å²) in [4.78, 5) is 27.2. The van der Waals surface area contributed by atoms with Crippen molar-refractivity contribution in [3.8, 4) is 0 Å². The predicted octanol–water partition coefficient (Wildman–Crippen LogP) is 0.650. The van der Waals surface area contributed by atoms with Gasteiger partial charge in [-0.1, -0.05) is 0 Å². The van der Waals surface area contributed by atoms with E-state index in [-0.39, 0.29) is 0 Å². The predicted molar refractivity (Wildman–Crippen MR) is 77.6 cm³/mol. The molecule has 2 heterocycles. The highest BCUT2D eigenvalue weighted by Gasteiger charge is 2.13. The lowest BCUT2D eigenvalue weighted by atomic mass is 10.4. The third-order valence-corrected chi connectivity index (χ3v) is 2.84. The largest absolute Gasteiger partial charge is 0.346 e. The van der Waals surface area contributed by atoms with E-state index < -0.39 is 11.8 Å². The Balaban J connectivity index is 1.79. The topological polar surface area (TPSA) is 88.9 Å². The molecule has 0 aliphatic rings. The molecule has 0 fully saturated rings. The lowest BCUT2D eigenvalue weighted by Gasteiger charge is -2.07. The molecule has 7 heteroatoms. The van der Waals surface area contributed by atoms with Gasteiger partial charge in [-0.15, -0.1) is 0 Å². The van der Waals surface area contributed by atoms with Crippen molar-refractivity contribution in [3.05, 3.63) is 42.0 Å². The van der Waals surface area contributed by atoms with Crippen LogP contribution in [-0.4, -0.2) is 33.1 Å². The number of carbonyl (C=O) groups excluding carboxylic acids is 2. The summed E-state index contributed by atoms with van der Waals surface area (Å²) in [6.45, 7) is 4.70. The molecule has 7 nitrogen and oxygen atoms in total. The van der Waals surface area contributed by atoms with Gasteiger partial charge in [0, 0.05) is 18.4 Å². The van der Waals surface area contributed by atoms with Gasteiger partial charge in [0.1, 0.15) is 0 Å². The van der Waals surface area contributed by atoms with Gasteiger partial charge in [-0.3, -0.25) is 19.3 Å². The Morgan fingerprint density at radius 1 is 1.29 bits per heavy atom. The maximum atomic E-state index is 11.7. The third kappa shape index (κ3) is 4.13. The van der Waals surface area contributed by atoms with Crippen LogP contribution in [-0.2, 0) is 16.1 Å². The zero-order chi connectivity index (χ0) is 15.2. The van der Waals surface area contributed by atoms with E-state index in [1.165, 1.54) is 6.20 Å². The van der Waals surface area contributed by atoms with E-state index in [0.29, 0.717) is 18.8 Å². The number of nitrogens with zero attached hydrogens (tertiary/aromatic N) is 3. The molecule has 0 saturated heterocycles. The number of amides is 2. The van der Waals surface area contributed by atoms with Crippen LogP contribution in [0.25, 0.3) is 0 Å². The molecular weight excluding hydrogens is 270 g/mol. The quantitative estimate of drug-likeness (QED) is 0.808. The molecule has 0 aromatic carbocycles. The summed E-state index contributed by atoms with van der Waals surface area (Å²) in [5.74, 6) is -1.39. The molecule has 2 rings (SSSR count). The highest BCUT2D eigenvalue weighted by molar-refractivity contribution is 6.39. The van der Waals surface area contributed by atoms with Gasteiger partial charge in [0.05, 0.1) is 24.1 Å². The van der Waals surface area contributed by atoms with Gasteiger partial charge in [0.15, 0.2) is 0 Å². The minimum absolute atomic E-state index is 0.335. The van der Waals surface area contributed by atoms with Crippen molar-refractivity contribution in [3.63, 3.8) is 0 Å². The molecule has 2 N–H and O–H groups in total. The number of aromatic nitrogens is 3. The average molecular weight is 287 g/mol. The first kappa shape index (κ1) is 14.7. The molecule has 0 unspecified atom stereocenters. The van der Waals surface area contributed by atoms with Crippen molar-refractivity contribution in [2.75, 3.05) is 11.9 Å². The molecule has 0 bridgehead atoms. The van der Waals surface area contributed by atoms with Crippen LogP contribution >= 0.6 is 0 Å². The van der Waals surface area contributed by atoms with E-state index in [9.17, 15) is 9.59 Å². The fourth-order valence-corrected chi connectivity index (χ4v) is 1.88. The van der Waals surface area contributed by atoms with Crippen LogP contribution in [0.1, 0.15) is 11.4 Å². The second-order valence-corrected chi connectivity index (χ2v) is 4.60. The van der Waals surface area contributed by atoms with Gasteiger partial charge in [0.2, 0.25) is 0 Å². The second-order valence-electron chi connectivity index (χ2n) is 4.60. The van der Waals surface area contributed by atoms with Crippen LogP contribution in [0.5, 0.6) is 0 Å². The first-order valence-electron chi connectivity index (χ1n) is 6.56. The van der Waals surface area contributed by atoms with Crippen molar-refractivity contribution >= 4 is 17.5 Å². The number of carbonyl (C=O) groups is 2. The minimum Gasteiger partial charge on any atom is -0.346 e. The molecule has 21 heavy (non-hydrogen) atoms. The molecule has 0 radical (unpaired) electrons. The van der Waals surface area contributed by atoms with Gasteiger partial charge in [0.25, 0.3) is 0 Å². The number of aryl methyl sites for hydroxylation is 2. The van der Waals surface area contributed by atoms with Crippen molar-refractivity contribution in [2.24, 2.45) is 0 Å². The van der Waals surface area contributed by atoms with Crippen LogP contribution in [0, 0.1) is 13.8 Å². The molecule has 2 aromatic heterocycles. The Morgan fingerprint density at radius 3 is 2.71 bits per heavy atom. The van der Waals surface area contributed by atoms with E-state index in [2.05, 4.69) is 20.7 Å². The molecule has 0 aliphatic heterocycles. The van der Waals surface area contributed by atoms with Crippen molar-refractivity contribution in [1.29, 1.82) is 0 Å². The van der Waals surface area contributed by atoms with Crippen LogP contribution in [0.2, 0.25) is 0 Å². The maximum absolute atomic E-state index is 11.7. The highest BCUT2D eigenvalue weighted by atomic mass is 16.2. The second kappa shape index (κ2) is 6.65. The number of pyridine rings is 1. The summed E-state index contributed by atoms with van der Waals surface area (Å²) in [7, 11) is 0. The van der Waals surface area contributed by atoms with Gasteiger partial charge >= 0.3 is 11.8 Å². The molecule has 2 amide bonds. The van der Waals surface area contributed by atoms with E-state index in [4.69, 9.17) is 0 Å². The van der Waals surface area contributed by atoms with Crippen molar-refractivity contribution in [1.82, 2.24) is 20.1 Å². The van der Waals surface area contributed by atoms with Gasteiger partial charge in [-0.2, -0.15) is 5.10 Å². The Labute approximate surface area is 122 Å². The molecule has 2 aromatic rings. The fourth-order valence-electron chi connectivity index (χ4n) is 1.88. The molecule has 0 aliphatic carbocycles. The molecular formula is C14H17N5O2. The summed E-state index contributed by atoms with van der Waals surface area (Å²) < 4.78 is 1.79. The smallest absolute Gasteiger partial charge is 0.313 e. The van der Waals surface area contributed by atoms with E-state index >= 15 is 0 Å². The van der Waals surface area contributed by atoms with Gasteiger partial charge in [-0.05, 0) is 32.0 Å². The lowest BCUT2D eigenvalue weighted by molar-refractivity contribution is -0.136. The van der Waals surface area contributed by atoms with E-state index in [0.717, 1.165) is 11.4 Å². The van der Waals surface area contributed by atoms with Crippen molar-refractivity contribution < 1.29 is 9.59 Å². The Bertz CT molecular complexity index is 636. The number of nitrogens with one attached hydrogen (secondary N) is 2. The summed E-state index contributed by atoms with van der Waals surface area (Å²) in [5.41, 5.74) is 2.42. The van der Waals surface area contributed by atoms with Gasteiger partial charge < -0.3 is 10.6 Å². The first-order chi connectivity index (χ1) is 10.1. The Kier molecular flexibility index (Phi) is 4.65. The summed E-state index contributed by atoms with van der Waals surface area (Å²) in [6, 6.07) is 5.29. The van der Waals surface area contributed by atoms with E-state index in [1.807, 2.05) is 19.9 Å². The normalized spacial score (nSPS) is 10.2. The lowest BCUT2D eigenvalue weighted by Crippen LogP contribution is -2.37. The molecule has 0 spiro atoms. The fraction of sp³-hybridized carbons (Fsp3) is 0.286. The third-order valence-electron chi connectivity index (χ3n) is 2.84. The van der Waals surface area contributed by atoms with Crippen molar-refractivity contribution in [2.45, 2.75) is 20.4 Å². The molecule has 110 valence electrons. The maximum Gasteiger partial charge on any atom is 0.313 e. The molecule has 0 saturated carbocycles. The van der Waals surface area contributed by atoms with Crippen LogP contribution in [0.4, 0.5) is 5.69 Å². The molecule has 0 atom stereocenters. The first-order valence-corrected chi connectivity index (χ1v) is 6.56. The number of anilines is 1.